The van der Waals surface area contributed by atoms with E-state index in [1.54, 1.807) is 36.4 Å². The third-order valence-electron chi connectivity index (χ3n) is 9.60. The number of primary amides is 1. The monoisotopic (exact) mass is 600 g/mol. The molecule has 1 heterocycles. The lowest BCUT2D eigenvalue weighted by Gasteiger charge is -2.64. The van der Waals surface area contributed by atoms with E-state index in [1.807, 2.05) is 0 Å². The van der Waals surface area contributed by atoms with Gasteiger partial charge in [0.25, 0.3) is 0 Å². The Morgan fingerprint density at radius 2 is 1.73 bits per heavy atom. The number of furan rings is 1. The molecule has 14 nitrogen and oxygen atoms in total. The number of nitriles is 1. The van der Waals surface area contributed by atoms with Crippen LogP contribution in [0.3, 0.4) is 0 Å². The Kier molecular flexibility index (Phi) is 6.07. The summed E-state index contributed by atoms with van der Waals surface area (Å²) in [5.41, 5.74) is 17.0. The van der Waals surface area contributed by atoms with E-state index in [0.29, 0.717) is 11.0 Å². The Morgan fingerprint density at radius 1 is 1.07 bits per heavy atom. The fourth-order valence-corrected chi connectivity index (χ4v) is 7.57. The smallest absolute Gasteiger partial charge is 0.235 e. The molecule has 14 heteroatoms. The number of para-hydroxylation sites is 1. The Balaban J connectivity index is 1.61. The number of phenols is 1. The summed E-state index contributed by atoms with van der Waals surface area (Å²) in [5.74, 6) is -11.7. The van der Waals surface area contributed by atoms with E-state index < -0.39 is 86.9 Å². The minimum Gasteiger partial charge on any atom is -0.506 e. The van der Waals surface area contributed by atoms with E-state index in [1.165, 1.54) is 26.2 Å². The molecule has 0 spiro atoms. The Morgan fingerprint density at radius 3 is 2.32 bits per heavy atom. The number of nitrogens with two attached hydrogens (primary N) is 4. The second kappa shape index (κ2) is 9.11. The summed E-state index contributed by atoms with van der Waals surface area (Å²) in [6.45, 7) is 0. The number of aliphatic hydroxyl groups is 1. The minimum absolute atomic E-state index is 0.0594. The molecule has 2 saturated carbocycles. The van der Waals surface area contributed by atoms with Crippen molar-refractivity contribution in [2.24, 2.45) is 40.2 Å². The number of phenolic OH excluding ortho intramolecular Hbond substituents is 1. The van der Waals surface area contributed by atoms with Crippen LogP contribution in [0.15, 0.2) is 46.9 Å². The molecule has 3 aliphatic carbocycles. The van der Waals surface area contributed by atoms with Crippen LogP contribution in [0, 0.1) is 28.6 Å². The van der Waals surface area contributed by atoms with Crippen molar-refractivity contribution in [2.75, 3.05) is 14.1 Å². The lowest BCUT2D eigenvalue weighted by atomic mass is 9.41. The summed E-state index contributed by atoms with van der Waals surface area (Å²) in [6, 6.07) is 9.59. The molecule has 2 aromatic carbocycles. The van der Waals surface area contributed by atoms with Gasteiger partial charge in [0, 0.05) is 5.39 Å². The molecule has 0 radical (unpaired) electrons. The van der Waals surface area contributed by atoms with Gasteiger partial charge in [0.1, 0.15) is 23.0 Å². The first-order chi connectivity index (χ1) is 20.6. The molecule has 44 heavy (non-hydrogen) atoms. The highest BCUT2D eigenvalue weighted by atomic mass is 16.3. The van der Waals surface area contributed by atoms with Crippen LogP contribution in [-0.4, -0.2) is 81.5 Å². The molecule has 1 aromatic heterocycles. The lowest BCUT2D eigenvalue weighted by Crippen LogP contribution is -2.92. The molecule has 0 aliphatic heterocycles. The summed E-state index contributed by atoms with van der Waals surface area (Å²) < 4.78 is 5.84. The summed E-state index contributed by atoms with van der Waals surface area (Å²) in [7, 11) is 2.64. The van der Waals surface area contributed by atoms with Crippen LogP contribution in [0.2, 0.25) is 0 Å². The zero-order valence-electron chi connectivity index (χ0n) is 23.5. The number of carbonyl (C=O) groups is 5. The molecule has 2 fully saturated rings. The van der Waals surface area contributed by atoms with Gasteiger partial charge in [0.15, 0.2) is 34.5 Å². The average Bonchev–Trinajstić information content (AvgIpc) is 3.39. The molecule has 6 rings (SSSR count). The predicted octanol–water partition coefficient (Wildman–Crippen LogP) is -1.35. The number of fused-ring (bicyclic) bond motifs is 4. The number of hydrogen-bond acceptors (Lipinski definition) is 13. The van der Waals surface area contributed by atoms with Crippen molar-refractivity contribution in [3.63, 3.8) is 0 Å². The van der Waals surface area contributed by atoms with E-state index in [2.05, 4.69) is 0 Å². The molecule has 1 amide bonds. The van der Waals surface area contributed by atoms with Crippen molar-refractivity contribution in [3.8, 4) is 23.1 Å². The van der Waals surface area contributed by atoms with Crippen LogP contribution in [0.25, 0.3) is 22.3 Å². The summed E-state index contributed by atoms with van der Waals surface area (Å²) in [4.78, 5) is 69.7. The zero-order valence-corrected chi connectivity index (χ0v) is 23.5. The van der Waals surface area contributed by atoms with Gasteiger partial charge in [0.2, 0.25) is 5.91 Å². The SMILES string of the molecule is CN(C)[C@@H]1C(=O)C(C(N)=O)C(=O)[C@@]2(C#N)C(=O)C3C(=O)c4c(ccc(-c5cc6ccccc6o5)c4O)[C@H](N)[C@@]3(N)[C@H](O)[C@@]12N. The van der Waals surface area contributed by atoms with Crippen LogP contribution >= 0.6 is 0 Å². The van der Waals surface area contributed by atoms with Gasteiger partial charge in [-0.1, -0.05) is 24.3 Å². The molecule has 3 aliphatic rings. The van der Waals surface area contributed by atoms with Crippen molar-refractivity contribution in [3.05, 3.63) is 53.6 Å². The molecule has 3 aromatic rings. The number of nitrogens with zero attached hydrogens (tertiary/aromatic N) is 2. The number of Topliss-reactive ketones (excluding diaryl/α,β-unsaturated/α-hetero) is 4. The number of aliphatic hydroxyl groups excluding tert-OH is 1. The molecular formula is C30H28N6O8. The van der Waals surface area contributed by atoms with E-state index >= 15 is 0 Å². The van der Waals surface area contributed by atoms with E-state index in [0.717, 1.165) is 4.90 Å². The van der Waals surface area contributed by atoms with Crippen LogP contribution in [0.5, 0.6) is 5.75 Å². The number of ketones is 4. The van der Waals surface area contributed by atoms with Gasteiger partial charge in [-0.3, -0.25) is 28.9 Å². The number of rotatable bonds is 3. The second-order valence-electron chi connectivity index (χ2n) is 11.9. The third-order valence-corrected chi connectivity index (χ3v) is 9.60. The van der Waals surface area contributed by atoms with E-state index in [4.69, 9.17) is 27.4 Å². The Labute approximate surface area is 249 Å². The number of aromatic hydroxyl groups is 1. The first-order valence-corrected chi connectivity index (χ1v) is 13.5. The number of hydrogen-bond donors (Lipinski definition) is 6. The predicted molar refractivity (Wildman–Crippen MR) is 151 cm³/mol. The van der Waals surface area contributed by atoms with Crippen molar-refractivity contribution in [1.29, 1.82) is 5.26 Å². The van der Waals surface area contributed by atoms with Gasteiger partial charge in [-0.15, -0.1) is 0 Å². The highest BCUT2D eigenvalue weighted by Crippen LogP contribution is 2.58. The van der Waals surface area contributed by atoms with Crippen LogP contribution in [0.4, 0.5) is 0 Å². The van der Waals surface area contributed by atoms with E-state index in [-0.39, 0.29) is 16.9 Å². The molecule has 2 unspecified atom stereocenters. The first-order valence-electron chi connectivity index (χ1n) is 13.5. The molecule has 226 valence electrons. The number of likely N-dealkylation sites (N-methyl/N-ethyl adjacent to an activating group) is 1. The number of amides is 1. The minimum atomic E-state index is -3.14. The number of benzene rings is 2. The second-order valence-corrected chi connectivity index (χ2v) is 11.9. The molecular weight excluding hydrogens is 572 g/mol. The van der Waals surface area contributed by atoms with Gasteiger partial charge >= 0.3 is 0 Å². The van der Waals surface area contributed by atoms with Gasteiger partial charge in [0.05, 0.1) is 46.5 Å². The maximum atomic E-state index is 14.5. The maximum Gasteiger partial charge on any atom is 0.235 e. The molecule has 0 bridgehead atoms. The Hall–Kier alpha value is -4.78. The summed E-state index contributed by atoms with van der Waals surface area (Å²) in [6.07, 6.45) is -2.32. The maximum absolute atomic E-state index is 14.5. The highest BCUT2D eigenvalue weighted by Gasteiger charge is 2.83. The van der Waals surface area contributed by atoms with Crippen molar-refractivity contribution >= 4 is 40.0 Å². The lowest BCUT2D eigenvalue weighted by molar-refractivity contribution is -0.181. The van der Waals surface area contributed by atoms with Crippen LogP contribution in [-0.2, 0) is 19.2 Å². The summed E-state index contributed by atoms with van der Waals surface area (Å²) in [5, 5.41) is 34.6. The van der Waals surface area contributed by atoms with Crippen molar-refractivity contribution < 1.29 is 38.6 Å². The normalized spacial score (nSPS) is 34.8. The number of carbonyl (C=O) groups excluding carboxylic acids is 5. The third kappa shape index (κ3) is 3.11. The van der Waals surface area contributed by atoms with Gasteiger partial charge < -0.3 is 37.6 Å². The first kappa shape index (κ1) is 29.3. The van der Waals surface area contributed by atoms with Gasteiger partial charge in [-0.05, 0) is 37.9 Å². The van der Waals surface area contributed by atoms with Crippen molar-refractivity contribution in [1.82, 2.24) is 4.90 Å². The average molecular weight is 601 g/mol. The molecule has 10 N–H and O–H groups in total. The van der Waals surface area contributed by atoms with E-state index in [9.17, 15) is 39.4 Å². The fraction of sp³-hybridized carbons (Fsp3) is 0.333. The fourth-order valence-electron chi connectivity index (χ4n) is 7.57. The van der Waals surface area contributed by atoms with Gasteiger partial charge in [-0.2, -0.15) is 5.26 Å². The molecule has 0 saturated heterocycles. The summed E-state index contributed by atoms with van der Waals surface area (Å²) >= 11 is 0. The van der Waals surface area contributed by atoms with Crippen LogP contribution in [0.1, 0.15) is 22.0 Å². The van der Waals surface area contributed by atoms with Gasteiger partial charge in [-0.25, -0.2) is 0 Å². The topological polar surface area (TPSA) is 270 Å². The molecule has 8 atom stereocenters. The van der Waals surface area contributed by atoms with Crippen molar-refractivity contribution in [2.45, 2.75) is 29.3 Å². The van der Waals surface area contributed by atoms with Crippen LogP contribution < -0.4 is 22.9 Å². The standard InChI is InChI=1S/C30H28N6O8/c1-36(2)23-21(39)17(26(33)42)24(40)28(10-31)25(41)18-20(38)16-13(22(32)29(18,34)27(43)30(23,28)35)8-7-12(19(16)37)15-9-11-5-3-4-6-14(11)44-15/h3-9,17-18,22-23,27,37,43H,32,34-35H2,1-2H3,(H2,33,42)/t17?,18?,22-,23+,27-,28-,29+,30-/m0/s1. The zero-order chi connectivity index (χ0) is 32.3. The quantitative estimate of drug-likeness (QED) is 0.190. The highest BCUT2D eigenvalue weighted by molar-refractivity contribution is 6.33. The largest absolute Gasteiger partial charge is 0.506 e. The Bertz CT molecular complexity index is 1860.